The van der Waals surface area contributed by atoms with E-state index in [4.69, 9.17) is 23.7 Å². The molecule has 0 bridgehead atoms. The normalized spacial score (nSPS) is 12.9. The van der Waals surface area contributed by atoms with Gasteiger partial charge in [0.05, 0.1) is 5.52 Å². The highest BCUT2D eigenvalue weighted by molar-refractivity contribution is 6.15. The van der Waals surface area contributed by atoms with E-state index in [1.54, 1.807) is 66.9 Å². The number of pyridine rings is 1. The Balaban J connectivity index is 0.000000190. The summed E-state index contributed by atoms with van der Waals surface area (Å²) < 4.78 is 26.5. The number of anilines is 1. The first-order valence-corrected chi connectivity index (χ1v) is 17.1. The van der Waals surface area contributed by atoms with Crippen molar-refractivity contribution in [1.82, 2.24) is 4.98 Å². The highest BCUT2D eigenvalue weighted by atomic mass is 16.7. The van der Waals surface area contributed by atoms with Crippen molar-refractivity contribution in [2.24, 2.45) is 0 Å². The monoisotopic (exact) mass is 754 g/mol. The number of H-pyrrole nitrogens is 1. The zero-order chi connectivity index (χ0) is 39.7. The van der Waals surface area contributed by atoms with Gasteiger partial charge in [0.15, 0.2) is 11.0 Å². The third-order valence-electron chi connectivity index (χ3n) is 7.94. The van der Waals surface area contributed by atoms with Gasteiger partial charge in [0, 0.05) is 55.5 Å². The van der Waals surface area contributed by atoms with Gasteiger partial charge in [-0.1, -0.05) is 66.7 Å². The highest BCUT2D eigenvalue weighted by Gasteiger charge is 2.39. The Labute approximate surface area is 319 Å². The van der Waals surface area contributed by atoms with E-state index in [2.05, 4.69) is 10.3 Å². The summed E-state index contributed by atoms with van der Waals surface area (Å²) in [6, 6.07) is 35.5. The Kier molecular flexibility index (Phi) is 11.5. The summed E-state index contributed by atoms with van der Waals surface area (Å²) in [5.41, 5.74) is 1.53. The number of hydrogen-bond donors (Lipinski definition) is 3. The highest BCUT2D eigenvalue weighted by Crippen LogP contribution is 2.28. The second-order valence-corrected chi connectivity index (χ2v) is 12.5. The molecule has 56 heavy (non-hydrogen) atoms. The third-order valence-corrected chi connectivity index (χ3v) is 7.94. The molecule has 0 saturated carbocycles. The fourth-order valence-electron chi connectivity index (χ4n) is 5.24. The lowest BCUT2D eigenvalue weighted by molar-refractivity contribution is -0.222. The van der Waals surface area contributed by atoms with Crippen LogP contribution in [0.15, 0.2) is 150 Å². The van der Waals surface area contributed by atoms with Gasteiger partial charge in [-0.15, -0.1) is 0 Å². The van der Waals surface area contributed by atoms with Gasteiger partial charge in [-0.2, -0.15) is 0 Å². The molecule has 0 aliphatic carbocycles. The lowest BCUT2D eigenvalue weighted by atomic mass is 10.1. The standard InChI is InChI=1S/C23H17NO4.C20H17NO7/c25-21-11-12-24-20-14-22(27-15-16-7-3-1-4-8-16)19(13-18(20)21)23(26)28-17-9-5-2-6-10-17;1-20(2)27-18(24)15(19(25)28-20)11-21-12-8-9-14(16(22)10-12)17(23)26-13-6-4-3-5-7-13/h1-14H,15H2,(H,24,25);3-11,21-22H,1-2H3. The van der Waals surface area contributed by atoms with Crippen LogP contribution in [0.3, 0.4) is 0 Å². The predicted molar refractivity (Wildman–Crippen MR) is 204 cm³/mol. The molecule has 0 spiro atoms. The number of carbonyl (C=O) groups excluding carboxylic acids is 4. The van der Waals surface area contributed by atoms with Crippen LogP contribution < -0.4 is 25.0 Å². The molecule has 3 N–H and O–H groups in total. The van der Waals surface area contributed by atoms with Crippen LogP contribution in [0.2, 0.25) is 0 Å². The lowest BCUT2D eigenvalue weighted by Crippen LogP contribution is -2.42. The van der Waals surface area contributed by atoms with Crippen LogP contribution in [0.4, 0.5) is 5.69 Å². The number of ether oxygens (including phenoxy) is 5. The van der Waals surface area contributed by atoms with Gasteiger partial charge in [-0.05, 0) is 48.0 Å². The van der Waals surface area contributed by atoms with Gasteiger partial charge in [-0.25, -0.2) is 19.2 Å². The predicted octanol–water partition coefficient (Wildman–Crippen LogP) is 7.07. The number of aromatic amines is 1. The molecule has 1 aliphatic rings. The zero-order valence-corrected chi connectivity index (χ0v) is 30.0. The molecule has 6 aromatic rings. The third kappa shape index (κ3) is 9.65. The number of aromatic hydroxyl groups is 1. The van der Waals surface area contributed by atoms with Crippen molar-refractivity contribution < 1.29 is 48.0 Å². The van der Waals surface area contributed by atoms with E-state index in [9.17, 15) is 29.1 Å². The molecule has 7 rings (SSSR count). The number of nitrogens with one attached hydrogen (secondary N) is 2. The smallest absolute Gasteiger partial charge is 0.350 e. The van der Waals surface area contributed by atoms with Crippen LogP contribution in [-0.4, -0.2) is 39.8 Å². The average molecular weight is 755 g/mol. The summed E-state index contributed by atoms with van der Waals surface area (Å²) in [4.78, 5) is 63.9. The maximum Gasteiger partial charge on any atom is 0.350 e. The van der Waals surface area contributed by atoms with Crippen molar-refractivity contribution in [3.05, 3.63) is 172 Å². The number of phenols is 1. The largest absolute Gasteiger partial charge is 0.507 e. The molecule has 0 atom stereocenters. The van der Waals surface area contributed by atoms with E-state index in [1.165, 1.54) is 44.2 Å². The molecule has 1 aliphatic heterocycles. The SMILES string of the molecule is CC1(C)OC(=O)C(=CNc2ccc(C(=O)Oc3ccccc3)c(O)c2)C(=O)O1.O=C(Oc1ccccc1)c1cc2c(=O)cc[nH]c2cc1OCc1ccccc1. The van der Waals surface area contributed by atoms with Crippen molar-refractivity contribution >= 4 is 40.5 Å². The van der Waals surface area contributed by atoms with E-state index >= 15 is 0 Å². The Morgan fingerprint density at radius 1 is 0.732 bits per heavy atom. The molecular formula is C43H34N2O11. The fourth-order valence-corrected chi connectivity index (χ4v) is 5.24. The van der Waals surface area contributed by atoms with Gasteiger partial charge < -0.3 is 39.1 Å². The molecule has 0 amide bonds. The van der Waals surface area contributed by atoms with Crippen molar-refractivity contribution in [1.29, 1.82) is 0 Å². The number of cyclic esters (lactones) is 2. The van der Waals surface area contributed by atoms with Crippen LogP contribution in [0.25, 0.3) is 10.9 Å². The minimum Gasteiger partial charge on any atom is -0.507 e. The first kappa shape index (κ1) is 38.1. The first-order chi connectivity index (χ1) is 27.0. The van der Waals surface area contributed by atoms with Crippen molar-refractivity contribution in [3.8, 4) is 23.0 Å². The average Bonchev–Trinajstić information content (AvgIpc) is 3.17. The van der Waals surface area contributed by atoms with Crippen molar-refractivity contribution in [2.75, 3.05) is 5.32 Å². The molecule has 13 nitrogen and oxygen atoms in total. The Bertz CT molecular complexity index is 2460. The number of carbonyl (C=O) groups is 4. The summed E-state index contributed by atoms with van der Waals surface area (Å²) >= 11 is 0. The molecule has 5 aromatic carbocycles. The summed E-state index contributed by atoms with van der Waals surface area (Å²) in [6.45, 7) is 3.17. The van der Waals surface area contributed by atoms with Crippen LogP contribution in [0.1, 0.15) is 40.1 Å². The molecule has 2 heterocycles. The van der Waals surface area contributed by atoms with Crippen LogP contribution in [0, 0.1) is 0 Å². The topological polar surface area (TPSA) is 180 Å². The molecule has 282 valence electrons. The van der Waals surface area contributed by atoms with E-state index in [-0.39, 0.29) is 34.5 Å². The van der Waals surface area contributed by atoms with E-state index in [0.29, 0.717) is 33.8 Å². The number of rotatable bonds is 9. The van der Waals surface area contributed by atoms with Gasteiger partial charge in [-0.3, -0.25) is 4.79 Å². The summed E-state index contributed by atoms with van der Waals surface area (Å²) in [6.07, 6.45) is 2.67. The Hall–Kier alpha value is -7.67. The van der Waals surface area contributed by atoms with E-state index in [0.717, 1.165) is 11.8 Å². The maximum absolute atomic E-state index is 12.8. The number of fused-ring (bicyclic) bond motifs is 1. The zero-order valence-electron chi connectivity index (χ0n) is 30.0. The van der Waals surface area contributed by atoms with Gasteiger partial charge in [0.2, 0.25) is 0 Å². The van der Waals surface area contributed by atoms with E-state index < -0.39 is 29.7 Å². The van der Waals surface area contributed by atoms with Crippen LogP contribution in [0.5, 0.6) is 23.0 Å². The van der Waals surface area contributed by atoms with Gasteiger partial charge in [0.1, 0.15) is 40.7 Å². The van der Waals surface area contributed by atoms with Gasteiger partial charge >= 0.3 is 23.9 Å². The van der Waals surface area contributed by atoms with Gasteiger partial charge in [0.25, 0.3) is 5.79 Å². The Morgan fingerprint density at radius 3 is 1.89 bits per heavy atom. The first-order valence-electron chi connectivity index (χ1n) is 17.1. The molecule has 1 aromatic heterocycles. The molecule has 0 radical (unpaired) electrons. The van der Waals surface area contributed by atoms with Crippen molar-refractivity contribution in [2.45, 2.75) is 26.2 Å². The van der Waals surface area contributed by atoms with Crippen LogP contribution >= 0.6 is 0 Å². The number of hydrogen-bond acceptors (Lipinski definition) is 12. The minimum absolute atomic E-state index is 0.0414. The quantitative estimate of drug-likeness (QED) is 0.0593. The molecule has 1 fully saturated rings. The number of para-hydroxylation sites is 2. The maximum atomic E-state index is 12.8. The lowest BCUT2D eigenvalue weighted by Gasteiger charge is -2.29. The molecule has 0 unspecified atom stereocenters. The van der Waals surface area contributed by atoms with Crippen LogP contribution in [-0.2, 0) is 25.7 Å². The molecule has 13 heteroatoms. The molecule has 1 saturated heterocycles. The van der Waals surface area contributed by atoms with Crippen molar-refractivity contribution in [3.63, 3.8) is 0 Å². The minimum atomic E-state index is -1.33. The number of esters is 4. The summed E-state index contributed by atoms with van der Waals surface area (Å²) in [5.74, 6) is -3.53. The number of phenolic OH excluding ortho intramolecular Hbond substituents is 1. The Morgan fingerprint density at radius 2 is 1.30 bits per heavy atom. The fraction of sp³-hybridized carbons (Fsp3) is 0.0930. The number of benzene rings is 5. The summed E-state index contributed by atoms with van der Waals surface area (Å²) in [5, 5.41) is 13.2. The molecular weight excluding hydrogens is 720 g/mol. The summed E-state index contributed by atoms with van der Waals surface area (Å²) in [7, 11) is 0. The second kappa shape index (κ2) is 17.0. The number of aromatic nitrogens is 1. The second-order valence-electron chi connectivity index (χ2n) is 12.5. The van der Waals surface area contributed by atoms with E-state index in [1.807, 2.05) is 36.4 Å².